The van der Waals surface area contributed by atoms with Crippen molar-refractivity contribution >= 4 is 54.9 Å². The molecule has 0 spiro atoms. The average molecular weight is 774 g/mol. The molecule has 9 aromatic carbocycles. The van der Waals surface area contributed by atoms with Crippen molar-refractivity contribution in [3.63, 3.8) is 0 Å². The summed E-state index contributed by atoms with van der Waals surface area (Å²) >= 11 is 0. The molecule has 2 atom stereocenters. The van der Waals surface area contributed by atoms with Crippen molar-refractivity contribution in [1.29, 1.82) is 0 Å². The SMILES string of the molecule is CCC(C)/C(=N\C(=C1\Oc2ccccc2C1C)c1ccccc1)c1cccc(-c2cccc(-c3cccc(-c4ccc5c(c4)c4cccc6oc7cccc5c7c64)c3)c2)c1. The van der Waals surface area contributed by atoms with Gasteiger partial charge in [-0.1, -0.05) is 160 Å². The van der Waals surface area contributed by atoms with E-state index in [1.165, 1.54) is 65.7 Å². The lowest BCUT2D eigenvalue weighted by Gasteiger charge is -2.18. The van der Waals surface area contributed by atoms with Crippen molar-refractivity contribution in [2.24, 2.45) is 10.9 Å². The van der Waals surface area contributed by atoms with Crippen LogP contribution in [0.25, 0.3) is 82.6 Å². The number of hydrogen-bond donors (Lipinski definition) is 0. The molecule has 1 aromatic heterocycles. The zero-order valence-electron chi connectivity index (χ0n) is 33.9. The number of benzene rings is 9. The quantitative estimate of drug-likeness (QED) is 0.114. The largest absolute Gasteiger partial charge is 0.458 e. The molecule has 1 aliphatic heterocycles. The van der Waals surface area contributed by atoms with E-state index in [9.17, 15) is 0 Å². The number of ether oxygens (including phenoxy) is 1. The summed E-state index contributed by atoms with van der Waals surface area (Å²) < 4.78 is 12.9. The standard InChI is InChI=1S/C57H43NO2/c1-4-35(2)55(58-56(37-15-6-5-7-16-37)57-36(3)45-23-8-9-26-50(45)60-57)44-22-12-21-42(33-44)40-19-10-17-38(31-40)39-18-11-20-41(32-39)43-29-30-46-47-24-13-27-51-53(47)54-48(49(46)34-43)25-14-28-52(54)59-51/h5-36H,4H2,1-3H3/b57-56+,58-55+. The van der Waals surface area contributed by atoms with Gasteiger partial charge in [0.15, 0.2) is 0 Å². The Bertz CT molecular complexity index is 3310. The monoisotopic (exact) mass is 773 g/mol. The molecular formula is C57H43NO2. The second-order valence-corrected chi connectivity index (χ2v) is 16.2. The fraction of sp³-hybridized carbons (Fsp3) is 0.105. The first-order valence-corrected chi connectivity index (χ1v) is 21.1. The van der Waals surface area contributed by atoms with Gasteiger partial charge in [-0.25, -0.2) is 4.99 Å². The van der Waals surface area contributed by atoms with Gasteiger partial charge in [0.05, 0.1) is 5.71 Å². The molecule has 3 nitrogen and oxygen atoms in total. The Hall–Kier alpha value is -7.23. The van der Waals surface area contributed by atoms with Crippen molar-refractivity contribution in [3.8, 4) is 39.1 Å². The summed E-state index contributed by atoms with van der Waals surface area (Å²) in [5.41, 5.74) is 14.3. The molecule has 2 unspecified atom stereocenters. The molecule has 0 bridgehead atoms. The maximum Gasteiger partial charge on any atom is 0.138 e. The van der Waals surface area contributed by atoms with E-state index in [0.717, 1.165) is 57.2 Å². The van der Waals surface area contributed by atoms with E-state index in [-0.39, 0.29) is 11.8 Å². The van der Waals surface area contributed by atoms with Gasteiger partial charge in [0.1, 0.15) is 28.4 Å². The molecule has 0 fully saturated rings. The molecule has 0 amide bonds. The number of rotatable bonds is 8. The van der Waals surface area contributed by atoms with E-state index < -0.39 is 0 Å². The number of aliphatic imine (C=N–C) groups is 1. The Morgan fingerprint density at radius 3 is 1.72 bits per heavy atom. The Labute approximate surface area is 350 Å². The zero-order chi connectivity index (χ0) is 40.3. The summed E-state index contributed by atoms with van der Waals surface area (Å²) in [7, 11) is 0. The Balaban J connectivity index is 0.964. The van der Waals surface area contributed by atoms with Gasteiger partial charge in [0.2, 0.25) is 0 Å². The highest BCUT2D eigenvalue weighted by atomic mass is 16.5. The van der Waals surface area contributed by atoms with Crippen molar-refractivity contribution in [3.05, 3.63) is 204 Å². The summed E-state index contributed by atoms with van der Waals surface area (Å²) in [5, 5.41) is 7.39. The summed E-state index contributed by atoms with van der Waals surface area (Å²) in [6, 6.07) is 65.3. The van der Waals surface area contributed by atoms with Gasteiger partial charge >= 0.3 is 0 Å². The van der Waals surface area contributed by atoms with E-state index in [1.54, 1.807) is 0 Å². The smallest absolute Gasteiger partial charge is 0.138 e. The lowest BCUT2D eigenvalue weighted by Crippen LogP contribution is -2.13. The van der Waals surface area contributed by atoms with E-state index in [2.05, 4.69) is 197 Å². The summed E-state index contributed by atoms with van der Waals surface area (Å²) in [5.74, 6) is 2.12. The highest BCUT2D eigenvalue weighted by Gasteiger charge is 2.30. The first-order valence-electron chi connectivity index (χ1n) is 21.1. The topological polar surface area (TPSA) is 34.7 Å². The predicted octanol–water partition coefficient (Wildman–Crippen LogP) is 15.7. The second kappa shape index (κ2) is 14.5. The van der Waals surface area contributed by atoms with E-state index in [1.807, 2.05) is 6.07 Å². The van der Waals surface area contributed by atoms with Crippen LogP contribution in [0.2, 0.25) is 0 Å². The Kier molecular flexibility index (Phi) is 8.70. The Morgan fingerprint density at radius 1 is 0.517 bits per heavy atom. The maximum atomic E-state index is 6.60. The van der Waals surface area contributed by atoms with Crippen molar-refractivity contribution in [2.45, 2.75) is 33.1 Å². The number of para-hydroxylation sites is 1. The van der Waals surface area contributed by atoms with Crippen molar-refractivity contribution < 1.29 is 9.15 Å². The van der Waals surface area contributed by atoms with Gasteiger partial charge in [-0.15, -0.1) is 0 Å². The summed E-state index contributed by atoms with van der Waals surface area (Å²) in [6.45, 7) is 6.73. The normalized spacial score (nSPS) is 15.5. The predicted molar refractivity (Wildman–Crippen MR) is 251 cm³/mol. The van der Waals surface area contributed by atoms with Gasteiger partial charge in [-0.2, -0.15) is 0 Å². The highest BCUT2D eigenvalue weighted by Crippen LogP contribution is 2.45. The average Bonchev–Trinajstić information content (AvgIpc) is 3.87. The second-order valence-electron chi connectivity index (χ2n) is 16.2. The molecule has 288 valence electrons. The molecule has 2 heterocycles. The van der Waals surface area contributed by atoms with Crippen LogP contribution >= 0.6 is 0 Å². The molecule has 0 N–H and O–H groups in total. The fourth-order valence-electron chi connectivity index (χ4n) is 9.28. The van der Waals surface area contributed by atoms with Gasteiger partial charge in [-0.05, 0) is 115 Å². The summed E-state index contributed by atoms with van der Waals surface area (Å²) in [4.78, 5) is 5.56. The first-order chi connectivity index (χ1) is 29.5. The molecule has 3 heteroatoms. The molecular weight excluding hydrogens is 731 g/mol. The van der Waals surface area contributed by atoms with Crippen LogP contribution in [-0.4, -0.2) is 5.71 Å². The van der Waals surface area contributed by atoms with Crippen LogP contribution in [0.5, 0.6) is 5.75 Å². The van der Waals surface area contributed by atoms with Crippen LogP contribution in [-0.2, 0) is 0 Å². The van der Waals surface area contributed by atoms with Crippen LogP contribution in [0, 0.1) is 5.92 Å². The lowest BCUT2D eigenvalue weighted by atomic mass is 9.91. The van der Waals surface area contributed by atoms with Crippen molar-refractivity contribution in [1.82, 2.24) is 0 Å². The van der Waals surface area contributed by atoms with Crippen LogP contribution in [0.3, 0.4) is 0 Å². The Morgan fingerprint density at radius 2 is 1.07 bits per heavy atom. The molecule has 1 aliphatic rings. The van der Waals surface area contributed by atoms with Gasteiger partial charge < -0.3 is 9.15 Å². The lowest BCUT2D eigenvalue weighted by molar-refractivity contribution is 0.434. The van der Waals surface area contributed by atoms with Crippen LogP contribution in [0.4, 0.5) is 0 Å². The number of allylic oxidation sites excluding steroid dienone is 1. The first kappa shape index (κ1) is 35.9. The zero-order valence-corrected chi connectivity index (χ0v) is 33.9. The van der Waals surface area contributed by atoms with Crippen LogP contribution in [0.1, 0.15) is 49.8 Å². The molecule has 11 rings (SSSR count). The maximum absolute atomic E-state index is 6.60. The van der Waals surface area contributed by atoms with Gasteiger partial charge in [0, 0.05) is 27.8 Å². The minimum atomic E-state index is 0.0915. The van der Waals surface area contributed by atoms with E-state index in [4.69, 9.17) is 14.1 Å². The number of fused-ring (bicyclic) bond motifs is 4. The van der Waals surface area contributed by atoms with E-state index in [0.29, 0.717) is 0 Å². The molecule has 60 heavy (non-hydrogen) atoms. The van der Waals surface area contributed by atoms with Crippen LogP contribution in [0.15, 0.2) is 197 Å². The number of hydrogen-bond acceptors (Lipinski definition) is 3. The minimum Gasteiger partial charge on any atom is -0.458 e. The van der Waals surface area contributed by atoms with Crippen LogP contribution < -0.4 is 4.74 Å². The van der Waals surface area contributed by atoms with Crippen molar-refractivity contribution in [2.75, 3.05) is 0 Å². The van der Waals surface area contributed by atoms with Gasteiger partial charge in [0.25, 0.3) is 0 Å². The van der Waals surface area contributed by atoms with Gasteiger partial charge in [-0.3, -0.25) is 0 Å². The molecule has 10 aromatic rings. The minimum absolute atomic E-state index is 0.0915. The third-order valence-electron chi connectivity index (χ3n) is 12.6. The third-order valence-corrected chi connectivity index (χ3v) is 12.6. The molecule has 0 saturated carbocycles. The molecule has 0 radical (unpaired) electrons. The highest BCUT2D eigenvalue weighted by molar-refractivity contribution is 6.33. The van der Waals surface area contributed by atoms with E-state index >= 15 is 0 Å². The molecule has 0 saturated heterocycles. The summed E-state index contributed by atoms with van der Waals surface area (Å²) in [6.07, 6.45) is 0.962. The third kappa shape index (κ3) is 6.00. The number of furan rings is 1. The molecule has 0 aliphatic carbocycles. The number of nitrogens with zero attached hydrogens (tertiary/aromatic N) is 1. The fourth-order valence-corrected chi connectivity index (χ4v) is 9.28.